The lowest BCUT2D eigenvalue weighted by Crippen LogP contribution is -2.32. The number of nitrogens with one attached hydrogen (secondary N) is 1. The van der Waals surface area contributed by atoms with Crippen LogP contribution in [0, 0.1) is 6.92 Å². The molecule has 1 amide bonds. The molecule has 1 aromatic carbocycles. The molecule has 1 rings (SSSR count). The second-order valence-electron chi connectivity index (χ2n) is 3.48. The minimum absolute atomic E-state index is 0.223. The Bertz CT molecular complexity index is 362. The molecule has 1 unspecified atom stereocenters. The van der Waals surface area contributed by atoms with Gasteiger partial charge in [-0.05, 0) is 31.5 Å². The SMILES string of the molecule is COc1ccc(C)cc1NC(=O)C(C)N. The fourth-order valence-corrected chi connectivity index (χ4v) is 1.17. The Labute approximate surface area is 89.4 Å². The van der Waals surface area contributed by atoms with Crippen LogP contribution in [0.25, 0.3) is 0 Å². The van der Waals surface area contributed by atoms with Crippen LogP contribution in [-0.2, 0) is 4.79 Å². The van der Waals surface area contributed by atoms with E-state index in [1.165, 1.54) is 0 Å². The number of carbonyl (C=O) groups is 1. The van der Waals surface area contributed by atoms with Crippen molar-refractivity contribution in [3.05, 3.63) is 23.8 Å². The van der Waals surface area contributed by atoms with E-state index in [1.807, 2.05) is 25.1 Å². The zero-order chi connectivity index (χ0) is 11.4. The molecular weight excluding hydrogens is 192 g/mol. The van der Waals surface area contributed by atoms with E-state index in [0.29, 0.717) is 11.4 Å². The van der Waals surface area contributed by atoms with E-state index in [4.69, 9.17) is 10.5 Å². The monoisotopic (exact) mass is 208 g/mol. The van der Waals surface area contributed by atoms with Crippen molar-refractivity contribution in [2.24, 2.45) is 5.73 Å². The standard InChI is InChI=1S/C11H16N2O2/c1-7-4-5-10(15-3)9(6-7)13-11(14)8(2)12/h4-6,8H,12H2,1-3H3,(H,13,14). The molecular formula is C11H16N2O2. The summed E-state index contributed by atoms with van der Waals surface area (Å²) in [5.41, 5.74) is 7.16. The number of amides is 1. The van der Waals surface area contributed by atoms with Crippen LogP contribution in [0.1, 0.15) is 12.5 Å². The first kappa shape index (κ1) is 11.5. The van der Waals surface area contributed by atoms with Crippen LogP contribution in [-0.4, -0.2) is 19.1 Å². The number of hydrogen-bond acceptors (Lipinski definition) is 3. The normalized spacial score (nSPS) is 12.0. The van der Waals surface area contributed by atoms with Crippen LogP contribution in [0.4, 0.5) is 5.69 Å². The molecule has 1 atom stereocenters. The van der Waals surface area contributed by atoms with Crippen LogP contribution in [0.15, 0.2) is 18.2 Å². The number of nitrogens with two attached hydrogens (primary N) is 1. The maximum atomic E-state index is 11.4. The number of rotatable bonds is 3. The van der Waals surface area contributed by atoms with Crippen molar-refractivity contribution in [1.82, 2.24) is 0 Å². The molecule has 82 valence electrons. The molecule has 3 N–H and O–H groups in total. The molecule has 4 nitrogen and oxygen atoms in total. The lowest BCUT2D eigenvalue weighted by molar-refractivity contribution is -0.117. The van der Waals surface area contributed by atoms with E-state index in [0.717, 1.165) is 5.56 Å². The quantitative estimate of drug-likeness (QED) is 0.786. The minimum Gasteiger partial charge on any atom is -0.495 e. The van der Waals surface area contributed by atoms with Crippen molar-refractivity contribution >= 4 is 11.6 Å². The Morgan fingerprint density at radius 2 is 2.20 bits per heavy atom. The molecule has 0 radical (unpaired) electrons. The van der Waals surface area contributed by atoms with Crippen molar-refractivity contribution in [2.45, 2.75) is 19.9 Å². The van der Waals surface area contributed by atoms with Gasteiger partial charge in [-0.25, -0.2) is 0 Å². The van der Waals surface area contributed by atoms with Gasteiger partial charge < -0.3 is 15.8 Å². The zero-order valence-electron chi connectivity index (χ0n) is 9.20. The third-order valence-electron chi connectivity index (χ3n) is 2.03. The highest BCUT2D eigenvalue weighted by molar-refractivity contribution is 5.95. The average Bonchev–Trinajstić information content (AvgIpc) is 2.18. The second kappa shape index (κ2) is 4.79. The van der Waals surface area contributed by atoms with Gasteiger partial charge in [0, 0.05) is 0 Å². The first-order chi connectivity index (χ1) is 7.04. The molecule has 0 spiro atoms. The van der Waals surface area contributed by atoms with Gasteiger partial charge in [0.2, 0.25) is 5.91 Å². The summed E-state index contributed by atoms with van der Waals surface area (Å²) in [7, 11) is 1.56. The highest BCUT2D eigenvalue weighted by atomic mass is 16.5. The highest BCUT2D eigenvalue weighted by Gasteiger charge is 2.10. The predicted octanol–water partition coefficient (Wildman–Crippen LogP) is 1.29. The van der Waals surface area contributed by atoms with Crippen molar-refractivity contribution < 1.29 is 9.53 Å². The van der Waals surface area contributed by atoms with Gasteiger partial charge in [-0.2, -0.15) is 0 Å². The first-order valence-corrected chi connectivity index (χ1v) is 4.75. The topological polar surface area (TPSA) is 64.3 Å². The number of anilines is 1. The van der Waals surface area contributed by atoms with Gasteiger partial charge in [-0.15, -0.1) is 0 Å². The fourth-order valence-electron chi connectivity index (χ4n) is 1.17. The number of hydrogen-bond donors (Lipinski definition) is 2. The van der Waals surface area contributed by atoms with E-state index in [1.54, 1.807) is 14.0 Å². The minimum atomic E-state index is -0.532. The summed E-state index contributed by atoms with van der Waals surface area (Å²) in [6.07, 6.45) is 0. The number of carbonyl (C=O) groups excluding carboxylic acids is 1. The van der Waals surface area contributed by atoms with Crippen LogP contribution >= 0.6 is 0 Å². The third kappa shape index (κ3) is 2.95. The number of ether oxygens (including phenoxy) is 1. The molecule has 0 aliphatic rings. The summed E-state index contributed by atoms with van der Waals surface area (Å²) in [5.74, 6) is 0.411. The number of benzene rings is 1. The number of methoxy groups -OCH3 is 1. The lowest BCUT2D eigenvalue weighted by Gasteiger charge is -2.12. The smallest absolute Gasteiger partial charge is 0.241 e. The Balaban J connectivity index is 2.92. The fraction of sp³-hybridized carbons (Fsp3) is 0.364. The van der Waals surface area contributed by atoms with Crippen LogP contribution in [0.2, 0.25) is 0 Å². The summed E-state index contributed by atoms with van der Waals surface area (Å²) in [5, 5.41) is 2.71. The summed E-state index contributed by atoms with van der Waals surface area (Å²) in [6.45, 7) is 3.58. The first-order valence-electron chi connectivity index (χ1n) is 4.75. The van der Waals surface area contributed by atoms with Crippen LogP contribution in [0.3, 0.4) is 0 Å². The van der Waals surface area contributed by atoms with E-state index in [9.17, 15) is 4.79 Å². The molecule has 0 fully saturated rings. The van der Waals surface area contributed by atoms with Crippen LogP contribution in [0.5, 0.6) is 5.75 Å². The van der Waals surface area contributed by atoms with Gasteiger partial charge in [0.05, 0.1) is 18.8 Å². The van der Waals surface area contributed by atoms with Gasteiger partial charge >= 0.3 is 0 Å². The Hall–Kier alpha value is -1.55. The Kier molecular flexibility index (Phi) is 3.68. The summed E-state index contributed by atoms with van der Waals surface area (Å²) in [4.78, 5) is 11.4. The molecule has 4 heteroatoms. The van der Waals surface area contributed by atoms with Crippen LogP contribution < -0.4 is 15.8 Å². The Morgan fingerprint density at radius 1 is 1.53 bits per heavy atom. The molecule has 15 heavy (non-hydrogen) atoms. The molecule has 1 aromatic rings. The van der Waals surface area contributed by atoms with E-state index >= 15 is 0 Å². The van der Waals surface area contributed by atoms with Crippen molar-refractivity contribution in [3.8, 4) is 5.75 Å². The summed E-state index contributed by atoms with van der Waals surface area (Å²) < 4.78 is 5.13. The highest BCUT2D eigenvalue weighted by Crippen LogP contribution is 2.25. The maximum absolute atomic E-state index is 11.4. The average molecular weight is 208 g/mol. The summed E-state index contributed by atoms with van der Waals surface area (Å²) >= 11 is 0. The lowest BCUT2D eigenvalue weighted by atomic mass is 10.2. The second-order valence-corrected chi connectivity index (χ2v) is 3.48. The van der Waals surface area contributed by atoms with Gasteiger partial charge in [0.15, 0.2) is 0 Å². The molecule has 0 aliphatic carbocycles. The largest absolute Gasteiger partial charge is 0.495 e. The maximum Gasteiger partial charge on any atom is 0.241 e. The molecule has 0 saturated heterocycles. The van der Waals surface area contributed by atoms with Crippen molar-refractivity contribution in [2.75, 3.05) is 12.4 Å². The van der Waals surface area contributed by atoms with E-state index in [2.05, 4.69) is 5.32 Å². The molecule has 0 saturated carbocycles. The van der Waals surface area contributed by atoms with Crippen molar-refractivity contribution in [3.63, 3.8) is 0 Å². The van der Waals surface area contributed by atoms with E-state index < -0.39 is 6.04 Å². The summed E-state index contributed by atoms with van der Waals surface area (Å²) in [6, 6.07) is 5.04. The van der Waals surface area contributed by atoms with Gasteiger partial charge in [-0.1, -0.05) is 6.07 Å². The van der Waals surface area contributed by atoms with Gasteiger partial charge in [0.1, 0.15) is 5.75 Å². The molecule has 0 bridgehead atoms. The molecule has 0 heterocycles. The predicted molar refractivity (Wildman–Crippen MR) is 60.0 cm³/mol. The van der Waals surface area contributed by atoms with E-state index in [-0.39, 0.29) is 5.91 Å². The molecule has 0 aromatic heterocycles. The van der Waals surface area contributed by atoms with Crippen molar-refractivity contribution in [1.29, 1.82) is 0 Å². The number of aryl methyl sites for hydroxylation is 1. The van der Waals surface area contributed by atoms with Gasteiger partial charge in [-0.3, -0.25) is 4.79 Å². The Morgan fingerprint density at radius 3 is 2.73 bits per heavy atom. The third-order valence-corrected chi connectivity index (χ3v) is 2.03. The van der Waals surface area contributed by atoms with Gasteiger partial charge in [0.25, 0.3) is 0 Å². The molecule has 0 aliphatic heterocycles. The zero-order valence-corrected chi connectivity index (χ0v) is 9.20.